The number of phosphoric ester groups is 2. The van der Waals surface area contributed by atoms with Crippen LogP contribution < -0.4 is 0 Å². The Morgan fingerprint density at radius 3 is 1.86 bits per heavy atom. The number of hydrogen-bond donors (Lipinski definition) is 7. The third kappa shape index (κ3) is 33.9. The second kappa shape index (κ2) is 36.9. The number of rotatable bonds is 41. The Bertz CT molecular complexity index is 1470. The smallest absolute Gasteiger partial charge is 0.462 e. The SMILES string of the molecule is CCCCC/C=C\C/C=C\CCCCCCCCCC(=O)O[C@H](COC(=O)CCCCC(=O)C[C@@H]1[C@@H](/C=C/[C@@H](O)CCCCC)[C@H](O)C[C@@H]1O)COP(=O)(O)OC[C@@H](O)COP(=O)(O)O. The highest BCUT2D eigenvalue weighted by molar-refractivity contribution is 7.47. The molecular weight excluding hydrogens is 886 g/mol. The number of ketones is 1. The zero-order valence-corrected chi connectivity index (χ0v) is 40.7. The van der Waals surface area contributed by atoms with Gasteiger partial charge in [-0.15, -0.1) is 0 Å². The number of carbonyl (C=O) groups excluding carboxylic acids is 3. The number of ether oxygens (including phenoxy) is 2. The third-order valence-electron chi connectivity index (χ3n) is 11.0. The number of carbonyl (C=O) groups is 3. The molecule has 0 radical (unpaired) electrons. The van der Waals surface area contributed by atoms with E-state index in [1.807, 2.05) is 0 Å². The molecular formula is C46H82O17P2. The normalized spacial score (nSPS) is 20.4. The molecule has 0 saturated heterocycles. The highest BCUT2D eigenvalue weighted by Crippen LogP contribution is 2.44. The Kier molecular flexibility index (Phi) is 34.5. The summed E-state index contributed by atoms with van der Waals surface area (Å²) < 4.78 is 47.8. The second-order valence-corrected chi connectivity index (χ2v) is 19.7. The number of Topliss-reactive ketones (excluding diaryl/α,β-unsaturated/α-hetero) is 1. The number of aliphatic hydroxyl groups is 4. The van der Waals surface area contributed by atoms with Crippen molar-refractivity contribution in [2.75, 3.05) is 26.4 Å². The lowest BCUT2D eigenvalue weighted by Crippen LogP contribution is -2.30. The summed E-state index contributed by atoms with van der Waals surface area (Å²) in [6.07, 6.45) is 24.7. The van der Waals surface area contributed by atoms with Crippen LogP contribution in [0.2, 0.25) is 0 Å². The molecule has 1 rings (SSSR count). The van der Waals surface area contributed by atoms with E-state index in [2.05, 4.69) is 47.2 Å². The fraction of sp³-hybridized carbons (Fsp3) is 0.804. The Labute approximate surface area is 387 Å². The van der Waals surface area contributed by atoms with E-state index in [1.165, 1.54) is 19.3 Å². The first kappa shape index (κ1) is 60.9. The minimum absolute atomic E-state index is 0.0329. The Balaban J connectivity index is 2.55. The molecule has 0 aromatic carbocycles. The van der Waals surface area contributed by atoms with Crippen LogP contribution in [0.25, 0.3) is 0 Å². The van der Waals surface area contributed by atoms with Crippen LogP contribution in [0.1, 0.15) is 168 Å². The topological polar surface area (TPSA) is 273 Å². The van der Waals surface area contributed by atoms with Gasteiger partial charge in [-0.3, -0.25) is 28.0 Å². The molecule has 1 unspecified atom stereocenters. The summed E-state index contributed by atoms with van der Waals surface area (Å²) in [4.78, 5) is 65.9. The summed E-state index contributed by atoms with van der Waals surface area (Å²) in [6, 6.07) is 0. The molecule has 1 saturated carbocycles. The van der Waals surface area contributed by atoms with E-state index in [0.717, 1.165) is 77.0 Å². The fourth-order valence-corrected chi connectivity index (χ4v) is 8.41. The summed E-state index contributed by atoms with van der Waals surface area (Å²) in [5.41, 5.74) is 0. The number of esters is 2. The van der Waals surface area contributed by atoms with Crippen LogP contribution in [0.5, 0.6) is 0 Å². The molecule has 1 aliphatic carbocycles. The van der Waals surface area contributed by atoms with Crippen molar-refractivity contribution >= 4 is 33.4 Å². The largest absolute Gasteiger partial charge is 0.472 e. The van der Waals surface area contributed by atoms with Gasteiger partial charge in [0.2, 0.25) is 0 Å². The van der Waals surface area contributed by atoms with E-state index in [4.69, 9.17) is 23.8 Å². The molecule has 0 aliphatic heterocycles. The summed E-state index contributed by atoms with van der Waals surface area (Å²) in [7, 11) is -9.81. The first-order chi connectivity index (χ1) is 31.0. The molecule has 0 aromatic rings. The molecule has 0 spiro atoms. The molecule has 7 N–H and O–H groups in total. The zero-order valence-electron chi connectivity index (χ0n) is 38.9. The maximum Gasteiger partial charge on any atom is 0.472 e. The lowest BCUT2D eigenvalue weighted by molar-refractivity contribution is -0.161. The van der Waals surface area contributed by atoms with Crippen LogP contribution in [-0.4, -0.2) is 110 Å². The molecule has 1 fully saturated rings. The van der Waals surface area contributed by atoms with Crippen LogP contribution in [0.4, 0.5) is 0 Å². The summed E-state index contributed by atoms with van der Waals surface area (Å²) in [5, 5.41) is 41.1. The van der Waals surface area contributed by atoms with E-state index in [-0.39, 0.29) is 44.3 Å². The Morgan fingerprint density at radius 1 is 0.646 bits per heavy atom. The minimum Gasteiger partial charge on any atom is -0.462 e. The fourth-order valence-electron chi connectivity index (χ4n) is 7.26. The van der Waals surface area contributed by atoms with Gasteiger partial charge in [-0.05, 0) is 57.8 Å². The summed E-state index contributed by atoms with van der Waals surface area (Å²) in [5.74, 6) is -2.45. The van der Waals surface area contributed by atoms with Crippen molar-refractivity contribution in [2.24, 2.45) is 11.8 Å². The van der Waals surface area contributed by atoms with Gasteiger partial charge in [0.05, 0.1) is 38.1 Å². The molecule has 378 valence electrons. The maximum absolute atomic E-state index is 12.9. The monoisotopic (exact) mass is 969 g/mol. The van der Waals surface area contributed by atoms with E-state index in [1.54, 1.807) is 12.2 Å². The Morgan fingerprint density at radius 2 is 1.20 bits per heavy atom. The van der Waals surface area contributed by atoms with Gasteiger partial charge in [0.15, 0.2) is 6.10 Å². The van der Waals surface area contributed by atoms with Crippen molar-refractivity contribution in [3.05, 3.63) is 36.5 Å². The van der Waals surface area contributed by atoms with E-state index >= 15 is 0 Å². The average molecular weight is 969 g/mol. The second-order valence-electron chi connectivity index (χ2n) is 17.0. The van der Waals surface area contributed by atoms with Crippen molar-refractivity contribution < 1.29 is 81.7 Å². The first-order valence-corrected chi connectivity index (χ1v) is 26.9. The van der Waals surface area contributed by atoms with Crippen molar-refractivity contribution in [1.82, 2.24) is 0 Å². The molecule has 0 bridgehead atoms. The Hall–Kier alpha value is -2.11. The van der Waals surface area contributed by atoms with E-state index in [0.29, 0.717) is 19.3 Å². The van der Waals surface area contributed by atoms with Gasteiger partial charge in [-0.1, -0.05) is 115 Å². The van der Waals surface area contributed by atoms with Gasteiger partial charge in [0, 0.05) is 43.9 Å². The van der Waals surface area contributed by atoms with Crippen LogP contribution in [0.15, 0.2) is 36.5 Å². The minimum atomic E-state index is -4.91. The van der Waals surface area contributed by atoms with Crippen LogP contribution in [0.3, 0.4) is 0 Å². The van der Waals surface area contributed by atoms with Crippen molar-refractivity contribution in [3.63, 3.8) is 0 Å². The average Bonchev–Trinajstić information content (AvgIpc) is 3.51. The van der Waals surface area contributed by atoms with Gasteiger partial charge >= 0.3 is 27.6 Å². The predicted molar refractivity (Wildman–Crippen MR) is 246 cm³/mol. The predicted octanol–water partition coefficient (Wildman–Crippen LogP) is 8.01. The standard InChI is InChI=1S/C46H82O17P2/c1-3-5-7-8-9-10-11-12-13-14-15-16-17-18-19-20-22-28-46(53)63-40(36-62-65(57,58)61-34-39(49)33-60-64(54,55)56)35-59-45(52)27-24-23-26-38(48)31-42-41(43(50)32-44(42)51)30-29-37(47)25-21-6-4-2/h9-10,12-13,29-30,37,39-44,47,49-51H,3-8,11,14-28,31-36H2,1-2H3,(H,57,58)(H2,54,55,56)/b10-9-,13-12-,30-29+/t37-,39-,40+,41+,42+,43+,44-/m0/s1. The van der Waals surface area contributed by atoms with Crippen molar-refractivity contribution in [1.29, 1.82) is 0 Å². The van der Waals surface area contributed by atoms with Crippen LogP contribution in [-0.2, 0) is 46.6 Å². The lowest BCUT2D eigenvalue weighted by atomic mass is 9.87. The zero-order chi connectivity index (χ0) is 48.4. The highest BCUT2D eigenvalue weighted by atomic mass is 31.2. The summed E-state index contributed by atoms with van der Waals surface area (Å²) in [6.45, 7) is 1.21. The molecule has 65 heavy (non-hydrogen) atoms. The quantitative estimate of drug-likeness (QED) is 0.0132. The molecule has 0 amide bonds. The van der Waals surface area contributed by atoms with Gasteiger partial charge in [0.1, 0.15) is 18.5 Å². The molecule has 17 nitrogen and oxygen atoms in total. The number of hydrogen-bond acceptors (Lipinski definition) is 14. The lowest BCUT2D eigenvalue weighted by Gasteiger charge is -2.21. The van der Waals surface area contributed by atoms with Gasteiger partial charge < -0.3 is 44.6 Å². The molecule has 0 heterocycles. The molecule has 19 heteroatoms. The summed E-state index contributed by atoms with van der Waals surface area (Å²) >= 11 is 0. The maximum atomic E-state index is 12.9. The van der Waals surface area contributed by atoms with Crippen LogP contribution in [0, 0.1) is 11.8 Å². The van der Waals surface area contributed by atoms with Crippen molar-refractivity contribution in [3.8, 4) is 0 Å². The van der Waals surface area contributed by atoms with Gasteiger partial charge in [-0.25, -0.2) is 9.13 Å². The van der Waals surface area contributed by atoms with Gasteiger partial charge in [0.25, 0.3) is 0 Å². The highest BCUT2D eigenvalue weighted by Gasteiger charge is 2.41. The van der Waals surface area contributed by atoms with Crippen LogP contribution >= 0.6 is 15.6 Å². The molecule has 1 aliphatic rings. The van der Waals surface area contributed by atoms with E-state index in [9.17, 15) is 48.8 Å². The number of aliphatic hydroxyl groups excluding tert-OH is 4. The first-order valence-electron chi connectivity index (χ1n) is 23.9. The van der Waals surface area contributed by atoms with Gasteiger partial charge in [-0.2, -0.15) is 0 Å². The van der Waals surface area contributed by atoms with Crippen molar-refractivity contribution in [2.45, 2.75) is 198 Å². The number of allylic oxidation sites excluding steroid dienone is 4. The molecule has 8 atom stereocenters. The third-order valence-corrected chi connectivity index (χ3v) is 12.4. The molecule has 0 aromatic heterocycles. The number of phosphoric acid groups is 2. The number of unbranched alkanes of at least 4 members (excludes halogenated alkanes) is 13. The van der Waals surface area contributed by atoms with E-state index < -0.39 is 96.4 Å².